The molecule has 21 heavy (non-hydrogen) atoms. The van der Waals surface area contributed by atoms with E-state index in [1.54, 1.807) is 0 Å². The third-order valence-electron chi connectivity index (χ3n) is 3.90. The first kappa shape index (κ1) is 13.7. The van der Waals surface area contributed by atoms with Crippen molar-refractivity contribution in [2.24, 2.45) is 0 Å². The van der Waals surface area contributed by atoms with E-state index in [-0.39, 0.29) is 5.91 Å². The van der Waals surface area contributed by atoms with Gasteiger partial charge in [0, 0.05) is 36.9 Å². The van der Waals surface area contributed by atoms with Crippen molar-refractivity contribution in [1.82, 2.24) is 4.98 Å². The molecule has 1 aliphatic heterocycles. The van der Waals surface area contributed by atoms with Crippen LogP contribution in [0.25, 0.3) is 0 Å². The Kier molecular flexibility index (Phi) is 4.24. The fourth-order valence-corrected chi connectivity index (χ4v) is 2.77. The van der Waals surface area contributed by atoms with Crippen molar-refractivity contribution in [3.8, 4) is 0 Å². The van der Waals surface area contributed by atoms with Crippen LogP contribution in [0.4, 0.5) is 11.4 Å². The molecule has 1 aliphatic rings. The van der Waals surface area contributed by atoms with Crippen molar-refractivity contribution in [2.45, 2.75) is 25.7 Å². The minimum atomic E-state index is 0.0142. The highest BCUT2D eigenvalue weighted by molar-refractivity contribution is 5.92. The third-order valence-corrected chi connectivity index (χ3v) is 3.90. The average Bonchev–Trinajstić information content (AvgIpc) is 3.02. The molecule has 0 radical (unpaired) electrons. The van der Waals surface area contributed by atoms with Crippen LogP contribution in [0.5, 0.6) is 0 Å². The molecule has 4 heteroatoms. The number of nitrogens with zero attached hydrogens (tertiary/aromatic N) is 1. The number of aromatic amines is 1. The maximum atomic E-state index is 11.9. The quantitative estimate of drug-likeness (QED) is 0.905. The lowest BCUT2D eigenvalue weighted by atomic mass is 10.1. The molecule has 1 aromatic heterocycles. The van der Waals surface area contributed by atoms with Gasteiger partial charge in [0.1, 0.15) is 0 Å². The number of nitrogens with one attached hydrogen (secondary N) is 2. The molecule has 1 amide bonds. The molecule has 1 aromatic carbocycles. The van der Waals surface area contributed by atoms with Gasteiger partial charge in [-0.1, -0.05) is 0 Å². The number of piperidine rings is 1. The highest BCUT2D eigenvalue weighted by atomic mass is 16.1. The van der Waals surface area contributed by atoms with Gasteiger partial charge in [-0.3, -0.25) is 4.79 Å². The normalized spacial score (nSPS) is 15.0. The second-order valence-electron chi connectivity index (χ2n) is 5.54. The highest BCUT2D eigenvalue weighted by Gasteiger charge is 2.11. The van der Waals surface area contributed by atoms with Crippen molar-refractivity contribution in [1.29, 1.82) is 0 Å². The van der Waals surface area contributed by atoms with E-state index in [1.807, 2.05) is 30.6 Å². The Bertz CT molecular complexity index is 569. The van der Waals surface area contributed by atoms with E-state index in [0.717, 1.165) is 24.3 Å². The summed E-state index contributed by atoms with van der Waals surface area (Å²) in [6, 6.07) is 10.1. The molecule has 0 bridgehead atoms. The Balaban J connectivity index is 1.57. The molecule has 0 unspecified atom stereocenters. The van der Waals surface area contributed by atoms with Gasteiger partial charge in [0.15, 0.2) is 0 Å². The minimum absolute atomic E-state index is 0.0142. The molecule has 1 fully saturated rings. The van der Waals surface area contributed by atoms with Gasteiger partial charge >= 0.3 is 0 Å². The number of hydrogen-bond donors (Lipinski definition) is 2. The smallest absolute Gasteiger partial charge is 0.228 e. The summed E-state index contributed by atoms with van der Waals surface area (Å²) < 4.78 is 0. The number of amides is 1. The van der Waals surface area contributed by atoms with Crippen LogP contribution in [0, 0.1) is 0 Å². The van der Waals surface area contributed by atoms with Crippen LogP contribution in [0.1, 0.15) is 24.8 Å². The standard InChI is InChI=1S/C17H21N3O/c21-17(12-14-8-9-18-13-14)19-15-4-6-16(7-5-15)20-10-2-1-3-11-20/h4-9,13,18H,1-3,10-12H2,(H,19,21). The van der Waals surface area contributed by atoms with Crippen LogP contribution < -0.4 is 10.2 Å². The minimum Gasteiger partial charge on any atom is -0.372 e. The fourth-order valence-electron chi connectivity index (χ4n) is 2.77. The first-order valence-electron chi connectivity index (χ1n) is 7.58. The number of rotatable bonds is 4. The van der Waals surface area contributed by atoms with Crippen molar-refractivity contribution in [3.63, 3.8) is 0 Å². The first-order chi connectivity index (χ1) is 10.3. The van der Waals surface area contributed by atoms with E-state index < -0.39 is 0 Å². The maximum absolute atomic E-state index is 11.9. The molecule has 1 saturated heterocycles. The number of aromatic nitrogens is 1. The van der Waals surface area contributed by atoms with Crippen LogP contribution in [0.15, 0.2) is 42.7 Å². The monoisotopic (exact) mass is 283 g/mol. The van der Waals surface area contributed by atoms with Crippen LogP contribution >= 0.6 is 0 Å². The zero-order valence-electron chi connectivity index (χ0n) is 12.1. The predicted octanol–water partition coefficient (Wildman–Crippen LogP) is 3.19. The summed E-state index contributed by atoms with van der Waals surface area (Å²) in [6.07, 6.45) is 7.96. The van der Waals surface area contributed by atoms with Crippen LogP contribution in [0.3, 0.4) is 0 Å². The van der Waals surface area contributed by atoms with Gasteiger partial charge in [-0.15, -0.1) is 0 Å². The summed E-state index contributed by atoms with van der Waals surface area (Å²) in [6.45, 7) is 2.28. The molecule has 3 rings (SSSR count). The van der Waals surface area contributed by atoms with Gasteiger partial charge in [0.25, 0.3) is 0 Å². The Labute approximate surface area is 125 Å². The molecule has 0 spiro atoms. The second kappa shape index (κ2) is 6.48. The van der Waals surface area contributed by atoms with Crippen molar-refractivity contribution in [3.05, 3.63) is 48.3 Å². The molecule has 4 nitrogen and oxygen atoms in total. The summed E-state index contributed by atoms with van der Waals surface area (Å²) in [4.78, 5) is 17.3. The average molecular weight is 283 g/mol. The van der Waals surface area contributed by atoms with Gasteiger partial charge in [0.2, 0.25) is 5.91 Å². The van der Waals surface area contributed by atoms with Crippen LogP contribution in [-0.2, 0) is 11.2 Å². The molecule has 0 saturated carbocycles. The lowest BCUT2D eigenvalue weighted by Crippen LogP contribution is -2.29. The molecule has 110 valence electrons. The second-order valence-corrected chi connectivity index (χ2v) is 5.54. The predicted molar refractivity (Wildman–Crippen MR) is 85.6 cm³/mol. The van der Waals surface area contributed by atoms with Gasteiger partial charge < -0.3 is 15.2 Å². The molecular formula is C17H21N3O. The molecule has 2 N–H and O–H groups in total. The summed E-state index contributed by atoms with van der Waals surface area (Å²) >= 11 is 0. The molecule has 2 aromatic rings. The third kappa shape index (κ3) is 3.66. The Morgan fingerprint density at radius 3 is 2.52 bits per heavy atom. The number of carbonyl (C=O) groups is 1. The highest BCUT2D eigenvalue weighted by Crippen LogP contribution is 2.21. The number of benzene rings is 1. The molecular weight excluding hydrogens is 262 g/mol. The summed E-state index contributed by atoms with van der Waals surface area (Å²) in [5.74, 6) is 0.0142. The molecule has 0 atom stereocenters. The SMILES string of the molecule is O=C(Cc1cc[nH]c1)Nc1ccc(N2CCCCC2)cc1. The van der Waals surface area contributed by atoms with Crippen LogP contribution in [0.2, 0.25) is 0 Å². The van der Waals surface area contributed by atoms with E-state index in [4.69, 9.17) is 0 Å². The zero-order chi connectivity index (χ0) is 14.5. The lowest BCUT2D eigenvalue weighted by Gasteiger charge is -2.28. The molecule has 0 aliphatic carbocycles. The van der Waals surface area contributed by atoms with Crippen LogP contribution in [-0.4, -0.2) is 24.0 Å². The van der Waals surface area contributed by atoms with E-state index in [1.165, 1.54) is 24.9 Å². The van der Waals surface area contributed by atoms with E-state index in [9.17, 15) is 4.79 Å². The van der Waals surface area contributed by atoms with Gasteiger partial charge in [-0.05, 0) is 55.2 Å². The van der Waals surface area contributed by atoms with Gasteiger partial charge in [-0.2, -0.15) is 0 Å². The lowest BCUT2D eigenvalue weighted by molar-refractivity contribution is -0.115. The number of H-pyrrole nitrogens is 1. The Hall–Kier alpha value is -2.23. The van der Waals surface area contributed by atoms with Crippen molar-refractivity contribution >= 4 is 17.3 Å². The van der Waals surface area contributed by atoms with Gasteiger partial charge in [-0.25, -0.2) is 0 Å². The number of anilines is 2. The Morgan fingerprint density at radius 1 is 1.10 bits per heavy atom. The largest absolute Gasteiger partial charge is 0.372 e. The zero-order valence-corrected chi connectivity index (χ0v) is 12.1. The van der Waals surface area contributed by atoms with Crippen molar-refractivity contribution in [2.75, 3.05) is 23.3 Å². The summed E-state index contributed by atoms with van der Waals surface area (Å²) in [5, 5.41) is 2.94. The number of hydrogen-bond acceptors (Lipinski definition) is 2. The Morgan fingerprint density at radius 2 is 1.86 bits per heavy atom. The maximum Gasteiger partial charge on any atom is 0.228 e. The molecule has 2 heterocycles. The van der Waals surface area contributed by atoms with Crippen molar-refractivity contribution < 1.29 is 4.79 Å². The van der Waals surface area contributed by atoms with E-state index in [0.29, 0.717) is 6.42 Å². The fraction of sp³-hybridized carbons (Fsp3) is 0.353. The number of carbonyl (C=O) groups excluding carboxylic acids is 1. The van der Waals surface area contributed by atoms with Gasteiger partial charge in [0.05, 0.1) is 6.42 Å². The topological polar surface area (TPSA) is 48.1 Å². The van der Waals surface area contributed by atoms with E-state index in [2.05, 4.69) is 27.3 Å². The first-order valence-corrected chi connectivity index (χ1v) is 7.58. The van der Waals surface area contributed by atoms with E-state index >= 15 is 0 Å². The summed E-state index contributed by atoms with van der Waals surface area (Å²) in [5.41, 5.74) is 3.10. The summed E-state index contributed by atoms with van der Waals surface area (Å²) in [7, 11) is 0.